The van der Waals surface area contributed by atoms with E-state index in [4.69, 9.17) is 24.7 Å². The zero-order chi connectivity index (χ0) is 22.7. The summed E-state index contributed by atoms with van der Waals surface area (Å²) >= 11 is 0. The maximum absolute atomic E-state index is 10.0. The van der Waals surface area contributed by atoms with Crippen molar-refractivity contribution in [2.75, 3.05) is 20.8 Å². The van der Waals surface area contributed by atoms with Crippen LogP contribution < -0.4 is 24.7 Å². The summed E-state index contributed by atoms with van der Waals surface area (Å²) in [7, 11) is 3.19. The smallest absolute Gasteiger partial charge is 0.244 e. The van der Waals surface area contributed by atoms with Gasteiger partial charge >= 0.3 is 0 Å². The van der Waals surface area contributed by atoms with E-state index < -0.39 is 5.92 Å². The lowest BCUT2D eigenvalue weighted by molar-refractivity contribution is 0.290. The Kier molecular flexibility index (Phi) is 5.90. The maximum atomic E-state index is 10.0. The number of aromatic amines is 1. The fourth-order valence-electron chi connectivity index (χ4n) is 3.83. The molecule has 4 rings (SSSR count). The van der Waals surface area contributed by atoms with Crippen LogP contribution in [0.5, 0.6) is 23.1 Å². The van der Waals surface area contributed by atoms with Crippen LogP contribution in [-0.4, -0.2) is 31.0 Å². The quantitative estimate of drug-likeness (QED) is 0.577. The molecule has 0 saturated carbocycles. The normalized spacial score (nSPS) is 14.9. The molecule has 1 aliphatic rings. The van der Waals surface area contributed by atoms with Crippen molar-refractivity contribution in [1.29, 1.82) is 5.26 Å². The van der Waals surface area contributed by atoms with Gasteiger partial charge in [0.25, 0.3) is 0 Å². The molecule has 0 spiro atoms. The average Bonchev–Trinajstić information content (AvgIpc) is 3.25. The van der Waals surface area contributed by atoms with Crippen LogP contribution in [0, 0.1) is 11.3 Å². The largest absolute Gasteiger partial charge is 0.497 e. The van der Waals surface area contributed by atoms with E-state index >= 15 is 0 Å². The number of ether oxygens (including phenoxy) is 4. The number of fused-ring (bicyclic) bond motifs is 1. The summed E-state index contributed by atoms with van der Waals surface area (Å²) in [6.07, 6.45) is 0.820. The second-order valence-corrected chi connectivity index (χ2v) is 7.20. The van der Waals surface area contributed by atoms with Gasteiger partial charge < -0.3 is 24.7 Å². The number of nitrogens with two attached hydrogens (primary N) is 1. The zero-order valence-corrected chi connectivity index (χ0v) is 18.1. The monoisotopic (exact) mass is 432 g/mol. The van der Waals surface area contributed by atoms with Crippen LogP contribution in [0.4, 0.5) is 0 Å². The van der Waals surface area contributed by atoms with Crippen molar-refractivity contribution < 1.29 is 18.9 Å². The number of rotatable bonds is 7. The van der Waals surface area contributed by atoms with Crippen LogP contribution in [0.2, 0.25) is 0 Å². The van der Waals surface area contributed by atoms with Crippen molar-refractivity contribution in [3.63, 3.8) is 0 Å². The first-order valence-corrected chi connectivity index (χ1v) is 10.2. The van der Waals surface area contributed by atoms with Gasteiger partial charge in [0.2, 0.25) is 11.8 Å². The number of nitrogens with one attached hydrogen (secondary N) is 1. The molecule has 1 unspecified atom stereocenters. The lowest BCUT2D eigenvalue weighted by Gasteiger charge is -2.26. The molecule has 3 N–H and O–H groups in total. The Morgan fingerprint density at radius 1 is 1.19 bits per heavy atom. The van der Waals surface area contributed by atoms with Crippen molar-refractivity contribution in [2.24, 2.45) is 5.73 Å². The van der Waals surface area contributed by atoms with Gasteiger partial charge in [-0.15, -0.1) is 5.10 Å². The molecule has 1 atom stereocenters. The second-order valence-electron chi connectivity index (χ2n) is 7.20. The number of aromatic nitrogens is 2. The second kappa shape index (κ2) is 8.94. The summed E-state index contributed by atoms with van der Waals surface area (Å²) in [5.74, 6) is 1.60. The molecule has 32 heavy (non-hydrogen) atoms. The van der Waals surface area contributed by atoms with Crippen LogP contribution in [0.1, 0.15) is 30.4 Å². The standard InChI is InChI=1S/C24H24N4O4/c1-4-11-31-22-16(9-6-10-18(22)30-3)19-17(13-25)23(26)32-24-20(19)21(27-28-24)14-7-5-8-15(12-14)29-2/h5-10,12,19H,4,11,26H2,1-3H3,(H,27,28). The summed E-state index contributed by atoms with van der Waals surface area (Å²) in [6.45, 7) is 2.52. The fourth-order valence-corrected chi connectivity index (χ4v) is 3.83. The van der Waals surface area contributed by atoms with E-state index in [1.165, 1.54) is 0 Å². The molecule has 1 aromatic heterocycles. The number of nitrogens with zero attached hydrogens (tertiary/aromatic N) is 2. The Bertz CT molecular complexity index is 1210. The molecule has 0 radical (unpaired) electrons. The Labute approximate surface area is 186 Å². The first-order chi connectivity index (χ1) is 15.6. The minimum Gasteiger partial charge on any atom is -0.497 e. The molecular formula is C24H24N4O4. The first kappa shape index (κ1) is 21.1. The zero-order valence-electron chi connectivity index (χ0n) is 18.1. The highest BCUT2D eigenvalue weighted by Crippen LogP contribution is 2.49. The number of benzene rings is 2. The summed E-state index contributed by atoms with van der Waals surface area (Å²) in [5.41, 5.74) is 9.39. The van der Waals surface area contributed by atoms with Crippen LogP contribution in [0.15, 0.2) is 53.9 Å². The van der Waals surface area contributed by atoms with Crippen LogP contribution >= 0.6 is 0 Å². The van der Waals surface area contributed by atoms with Crippen molar-refractivity contribution >= 4 is 0 Å². The van der Waals surface area contributed by atoms with E-state index in [-0.39, 0.29) is 11.5 Å². The fraction of sp³-hybridized carbons (Fsp3) is 0.250. The predicted octanol–water partition coefficient (Wildman–Crippen LogP) is 4.10. The number of methoxy groups -OCH3 is 2. The number of hydrogen-bond acceptors (Lipinski definition) is 7. The van der Waals surface area contributed by atoms with Gasteiger partial charge in [-0.25, -0.2) is 0 Å². The van der Waals surface area contributed by atoms with Gasteiger partial charge in [-0.1, -0.05) is 31.2 Å². The van der Waals surface area contributed by atoms with E-state index in [1.807, 2.05) is 49.4 Å². The molecule has 1 aliphatic heterocycles. The third-order valence-corrected chi connectivity index (χ3v) is 5.29. The van der Waals surface area contributed by atoms with Crippen molar-refractivity contribution in [1.82, 2.24) is 10.2 Å². The molecule has 0 fully saturated rings. The van der Waals surface area contributed by atoms with Crippen molar-refractivity contribution in [3.8, 4) is 40.5 Å². The van der Waals surface area contributed by atoms with Gasteiger partial charge in [0.05, 0.1) is 38.0 Å². The van der Waals surface area contributed by atoms with E-state index in [0.29, 0.717) is 41.0 Å². The number of allylic oxidation sites excluding steroid dienone is 1. The van der Waals surface area contributed by atoms with Gasteiger partial charge in [0, 0.05) is 11.1 Å². The maximum Gasteiger partial charge on any atom is 0.244 e. The van der Waals surface area contributed by atoms with Gasteiger partial charge in [0.1, 0.15) is 17.4 Å². The lowest BCUT2D eigenvalue weighted by Crippen LogP contribution is -2.21. The van der Waals surface area contributed by atoms with Crippen molar-refractivity contribution in [3.05, 3.63) is 65.0 Å². The number of nitriles is 1. The molecule has 0 aliphatic carbocycles. The third kappa shape index (κ3) is 3.58. The number of H-pyrrole nitrogens is 1. The molecular weight excluding hydrogens is 408 g/mol. The van der Waals surface area contributed by atoms with Crippen LogP contribution in [-0.2, 0) is 0 Å². The topological polar surface area (TPSA) is 115 Å². The van der Waals surface area contributed by atoms with Gasteiger partial charge in [0.15, 0.2) is 11.5 Å². The minimum atomic E-state index is -0.564. The van der Waals surface area contributed by atoms with Crippen LogP contribution in [0.25, 0.3) is 11.3 Å². The Morgan fingerprint density at radius 3 is 2.72 bits per heavy atom. The number of para-hydroxylation sites is 1. The molecule has 0 saturated heterocycles. The molecule has 0 bridgehead atoms. The average molecular weight is 432 g/mol. The van der Waals surface area contributed by atoms with Gasteiger partial charge in [-0.3, -0.25) is 5.10 Å². The Balaban J connectivity index is 1.96. The van der Waals surface area contributed by atoms with E-state index in [1.54, 1.807) is 14.2 Å². The summed E-state index contributed by atoms with van der Waals surface area (Å²) in [6, 6.07) is 15.4. The molecule has 2 heterocycles. The minimum absolute atomic E-state index is 0.0120. The highest BCUT2D eigenvalue weighted by atomic mass is 16.5. The Morgan fingerprint density at radius 2 is 2.00 bits per heavy atom. The highest BCUT2D eigenvalue weighted by molar-refractivity contribution is 5.73. The summed E-state index contributed by atoms with van der Waals surface area (Å²) in [4.78, 5) is 0. The molecule has 8 heteroatoms. The predicted molar refractivity (Wildman–Crippen MR) is 119 cm³/mol. The summed E-state index contributed by atoms with van der Waals surface area (Å²) < 4.78 is 22.7. The summed E-state index contributed by atoms with van der Waals surface area (Å²) in [5, 5.41) is 17.4. The molecule has 8 nitrogen and oxygen atoms in total. The Hall–Kier alpha value is -4.12. The molecule has 0 amide bonds. The molecule has 3 aromatic rings. The van der Waals surface area contributed by atoms with Gasteiger partial charge in [-0.2, -0.15) is 5.26 Å². The SMILES string of the molecule is CCCOc1c(OC)cccc1C1C(C#N)=C(N)Oc2n[nH]c(-c3cccc(OC)c3)c21. The molecule has 164 valence electrons. The van der Waals surface area contributed by atoms with Gasteiger partial charge in [-0.05, 0) is 24.6 Å². The van der Waals surface area contributed by atoms with Crippen molar-refractivity contribution in [2.45, 2.75) is 19.3 Å². The number of hydrogen-bond donors (Lipinski definition) is 2. The first-order valence-electron chi connectivity index (χ1n) is 10.2. The molecule has 2 aromatic carbocycles. The van der Waals surface area contributed by atoms with Crippen LogP contribution in [0.3, 0.4) is 0 Å². The third-order valence-electron chi connectivity index (χ3n) is 5.29. The van der Waals surface area contributed by atoms with E-state index in [2.05, 4.69) is 16.3 Å². The highest BCUT2D eigenvalue weighted by Gasteiger charge is 2.37. The van der Waals surface area contributed by atoms with E-state index in [0.717, 1.165) is 17.5 Å². The lowest BCUT2D eigenvalue weighted by atomic mass is 9.82. The van der Waals surface area contributed by atoms with E-state index in [9.17, 15) is 5.26 Å².